The quantitative estimate of drug-likeness (QED) is 0.518. The van der Waals surface area contributed by atoms with E-state index in [1.807, 2.05) is 6.07 Å². The van der Waals surface area contributed by atoms with Gasteiger partial charge in [-0.05, 0) is 29.8 Å². The number of methoxy groups -OCH3 is 3. The van der Waals surface area contributed by atoms with Gasteiger partial charge in [0.1, 0.15) is 11.8 Å². The molecule has 2 aromatic carbocycles. The van der Waals surface area contributed by atoms with Gasteiger partial charge in [-0.2, -0.15) is 0 Å². The van der Waals surface area contributed by atoms with Gasteiger partial charge >= 0.3 is 11.9 Å². The maximum atomic E-state index is 12.7. The number of hydrogen-bond acceptors (Lipinski definition) is 8. The molecule has 2 atom stereocenters. The van der Waals surface area contributed by atoms with E-state index in [-0.39, 0.29) is 10.9 Å². The average molecular weight is 419 g/mol. The first-order valence-corrected chi connectivity index (χ1v) is 9.74. The van der Waals surface area contributed by atoms with Crippen molar-refractivity contribution in [1.82, 2.24) is 5.32 Å². The number of ether oxygens (including phenoxy) is 4. The Morgan fingerprint density at radius 1 is 1.07 bits per heavy atom. The van der Waals surface area contributed by atoms with Crippen molar-refractivity contribution in [3.63, 3.8) is 0 Å². The SMILES string of the molecule is COc1cc(C(=O)Oc2cccc(C3NC(C(=O)O)CS3)c2)cc(OC)c1OC. The number of rotatable bonds is 7. The van der Waals surface area contributed by atoms with Crippen molar-refractivity contribution in [2.75, 3.05) is 27.1 Å². The van der Waals surface area contributed by atoms with Gasteiger partial charge < -0.3 is 24.1 Å². The molecule has 0 aromatic heterocycles. The summed E-state index contributed by atoms with van der Waals surface area (Å²) in [5.41, 5.74) is 1.07. The maximum Gasteiger partial charge on any atom is 0.343 e. The van der Waals surface area contributed by atoms with Crippen LogP contribution in [0.15, 0.2) is 36.4 Å². The third-order valence-electron chi connectivity index (χ3n) is 4.35. The largest absolute Gasteiger partial charge is 0.493 e. The third kappa shape index (κ3) is 4.57. The number of aliphatic carboxylic acids is 1. The summed E-state index contributed by atoms with van der Waals surface area (Å²) in [5, 5.41) is 12.0. The molecule has 2 unspecified atom stereocenters. The van der Waals surface area contributed by atoms with E-state index in [2.05, 4.69) is 5.32 Å². The van der Waals surface area contributed by atoms with Gasteiger partial charge in [0.15, 0.2) is 11.5 Å². The number of carbonyl (C=O) groups excluding carboxylic acids is 1. The summed E-state index contributed by atoms with van der Waals surface area (Å²) in [5.74, 6) is 0.419. The molecule has 3 rings (SSSR count). The molecule has 1 heterocycles. The molecule has 9 heteroatoms. The van der Waals surface area contributed by atoms with Crippen molar-refractivity contribution in [2.45, 2.75) is 11.4 Å². The average Bonchev–Trinajstić information content (AvgIpc) is 3.23. The van der Waals surface area contributed by atoms with Crippen molar-refractivity contribution >= 4 is 23.7 Å². The lowest BCUT2D eigenvalue weighted by atomic mass is 10.1. The summed E-state index contributed by atoms with van der Waals surface area (Å²) in [7, 11) is 4.41. The second-order valence-electron chi connectivity index (χ2n) is 6.15. The van der Waals surface area contributed by atoms with Crippen molar-refractivity contribution in [1.29, 1.82) is 0 Å². The normalized spacial score (nSPS) is 18.2. The number of esters is 1. The Bertz CT molecular complexity index is 892. The summed E-state index contributed by atoms with van der Waals surface area (Å²) in [6.07, 6.45) is 0. The predicted octanol–water partition coefficient (Wildman–Crippen LogP) is 2.72. The minimum absolute atomic E-state index is 0.184. The first kappa shape index (κ1) is 20.8. The first-order chi connectivity index (χ1) is 14.0. The minimum Gasteiger partial charge on any atom is -0.493 e. The smallest absolute Gasteiger partial charge is 0.343 e. The Kier molecular flexibility index (Phi) is 6.50. The summed E-state index contributed by atoms with van der Waals surface area (Å²) in [4.78, 5) is 23.8. The van der Waals surface area contributed by atoms with E-state index in [0.29, 0.717) is 28.8 Å². The zero-order chi connectivity index (χ0) is 21.0. The van der Waals surface area contributed by atoms with E-state index in [1.54, 1.807) is 18.2 Å². The Hall–Kier alpha value is -2.91. The summed E-state index contributed by atoms with van der Waals surface area (Å²) >= 11 is 1.49. The molecule has 0 saturated carbocycles. The number of hydrogen-bond donors (Lipinski definition) is 2. The Balaban J connectivity index is 1.79. The Morgan fingerprint density at radius 2 is 1.76 bits per heavy atom. The van der Waals surface area contributed by atoms with Crippen molar-refractivity contribution in [2.24, 2.45) is 0 Å². The molecule has 1 saturated heterocycles. The van der Waals surface area contributed by atoms with Gasteiger partial charge in [0, 0.05) is 5.75 Å². The van der Waals surface area contributed by atoms with Gasteiger partial charge in [0.25, 0.3) is 0 Å². The van der Waals surface area contributed by atoms with Crippen LogP contribution in [0.5, 0.6) is 23.0 Å². The highest BCUT2D eigenvalue weighted by atomic mass is 32.2. The number of carbonyl (C=O) groups is 2. The van der Waals surface area contributed by atoms with Crippen LogP contribution in [0.4, 0.5) is 0 Å². The number of thioether (sulfide) groups is 1. The van der Waals surface area contributed by atoms with Crippen LogP contribution in [0, 0.1) is 0 Å². The summed E-state index contributed by atoms with van der Waals surface area (Å²) in [6, 6.07) is 9.40. The van der Waals surface area contributed by atoms with E-state index >= 15 is 0 Å². The lowest BCUT2D eigenvalue weighted by molar-refractivity contribution is -0.138. The highest BCUT2D eigenvalue weighted by molar-refractivity contribution is 7.99. The fraction of sp³-hybridized carbons (Fsp3) is 0.300. The van der Waals surface area contributed by atoms with Crippen LogP contribution >= 0.6 is 11.8 Å². The first-order valence-electron chi connectivity index (χ1n) is 8.69. The molecule has 29 heavy (non-hydrogen) atoms. The van der Waals surface area contributed by atoms with Crippen LogP contribution in [0.25, 0.3) is 0 Å². The lowest BCUT2D eigenvalue weighted by Gasteiger charge is -2.14. The molecule has 1 fully saturated rings. The maximum absolute atomic E-state index is 12.7. The van der Waals surface area contributed by atoms with Gasteiger partial charge in [0.05, 0.1) is 32.3 Å². The van der Waals surface area contributed by atoms with Crippen LogP contribution in [0.3, 0.4) is 0 Å². The molecule has 0 bridgehead atoms. The van der Waals surface area contributed by atoms with Gasteiger partial charge in [-0.3, -0.25) is 10.1 Å². The monoisotopic (exact) mass is 419 g/mol. The van der Waals surface area contributed by atoms with E-state index < -0.39 is 18.0 Å². The second-order valence-corrected chi connectivity index (χ2v) is 7.28. The van der Waals surface area contributed by atoms with Crippen molar-refractivity contribution in [3.8, 4) is 23.0 Å². The minimum atomic E-state index is -0.884. The van der Waals surface area contributed by atoms with Crippen LogP contribution in [-0.2, 0) is 4.79 Å². The summed E-state index contributed by atoms with van der Waals surface area (Å²) in [6.45, 7) is 0. The number of benzene rings is 2. The molecule has 2 N–H and O–H groups in total. The van der Waals surface area contributed by atoms with Crippen LogP contribution in [0.1, 0.15) is 21.3 Å². The zero-order valence-electron chi connectivity index (χ0n) is 16.1. The van der Waals surface area contributed by atoms with Gasteiger partial charge in [-0.15, -0.1) is 11.8 Å². The Morgan fingerprint density at radius 3 is 2.31 bits per heavy atom. The van der Waals surface area contributed by atoms with E-state index in [4.69, 9.17) is 24.1 Å². The van der Waals surface area contributed by atoms with Crippen molar-refractivity contribution in [3.05, 3.63) is 47.5 Å². The molecular formula is C20H21NO7S. The summed E-state index contributed by atoms with van der Waals surface area (Å²) < 4.78 is 21.3. The van der Waals surface area contributed by atoms with Crippen LogP contribution in [0.2, 0.25) is 0 Å². The fourth-order valence-corrected chi connectivity index (χ4v) is 4.14. The molecule has 1 aliphatic heterocycles. The van der Waals surface area contributed by atoms with E-state index in [0.717, 1.165) is 5.56 Å². The van der Waals surface area contributed by atoms with E-state index in [1.165, 1.54) is 45.2 Å². The van der Waals surface area contributed by atoms with Crippen LogP contribution in [-0.4, -0.2) is 50.2 Å². The lowest BCUT2D eigenvalue weighted by Crippen LogP contribution is -2.33. The highest BCUT2D eigenvalue weighted by Crippen LogP contribution is 2.39. The molecule has 154 valence electrons. The highest BCUT2D eigenvalue weighted by Gasteiger charge is 2.30. The number of carboxylic acids is 1. The fourth-order valence-electron chi connectivity index (χ4n) is 2.91. The molecule has 0 spiro atoms. The predicted molar refractivity (Wildman–Crippen MR) is 107 cm³/mol. The number of carboxylic acid groups (broad SMARTS) is 1. The standard InChI is InChI=1S/C20H21NO7S/c1-25-15-8-12(9-16(26-2)17(15)27-3)20(24)28-13-6-4-5-11(7-13)18-21-14(10-29-18)19(22)23/h4-9,14,18,21H,10H2,1-3H3,(H,22,23). The topological polar surface area (TPSA) is 103 Å². The van der Waals surface area contributed by atoms with Crippen LogP contribution < -0.4 is 24.3 Å². The second kappa shape index (κ2) is 9.06. The number of nitrogens with one attached hydrogen (secondary N) is 1. The van der Waals surface area contributed by atoms with Gasteiger partial charge in [-0.25, -0.2) is 4.79 Å². The molecule has 1 aliphatic rings. The Labute approximate surface area is 172 Å². The van der Waals surface area contributed by atoms with Gasteiger partial charge in [0.2, 0.25) is 5.75 Å². The third-order valence-corrected chi connectivity index (χ3v) is 5.62. The van der Waals surface area contributed by atoms with E-state index in [9.17, 15) is 9.59 Å². The molecule has 8 nitrogen and oxygen atoms in total. The molecular weight excluding hydrogens is 398 g/mol. The van der Waals surface area contributed by atoms with Gasteiger partial charge in [-0.1, -0.05) is 12.1 Å². The molecule has 0 amide bonds. The molecule has 0 aliphatic carbocycles. The molecule has 0 radical (unpaired) electrons. The molecule has 2 aromatic rings. The zero-order valence-corrected chi connectivity index (χ0v) is 16.9. The van der Waals surface area contributed by atoms with Crippen molar-refractivity contribution < 1.29 is 33.6 Å².